The van der Waals surface area contributed by atoms with Crippen LogP contribution in [0.5, 0.6) is 0 Å². The first-order valence-corrected chi connectivity index (χ1v) is 8.27. The Morgan fingerprint density at radius 3 is 2.14 bits per heavy atom. The van der Waals surface area contributed by atoms with Crippen LogP contribution in [0, 0.1) is 0 Å². The van der Waals surface area contributed by atoms with Crippen LogP contribution < -0.4 is 10.6 Å². The van der Waals surface area contributed by atoms with Crippen LogP contribution in [0.15, 0.2) is 0 Å². The number of nitrogens with zero attached hydrogens (tertiary/aromatic N) is 2. The molecule has 7 heteroatoms. The van der Waals surface area contributed by atoms with E-state index in [1.807, 2.05) is 6.92 Å². The number of likely N-dealkylation sites (N-methyl/N-ethyl adjacent to an activating group) is 1. The quantitative estimate of drug-likeness (QED) is 0.633. The Kier molecular flexibility index (Phi) is 7.08. The fraction of sp³-hybridized carbons (Fsp3) is 0.867. The number of nitrogens with one attached hydrogen (secondary N) is 2. The number of ether oxygens (including phenoxy) is 1. The van der Waals surface area contributed by atoms with E-state index in [4.69, 9.17) is 4.74 Å². The third-order valence-electron chi connectivity index (χ3n) is 4.12. The molecular weight excluding hydrogens is 284 g/mol. The number of carbonyl (C=O) groups is 2. The summed E-state index contributed by atoms with van der Waals surface area (Å²) in [6.45, 7) is 8.22. The van der Waals surface area contributed by atoms with Crippen molar-refractivity contribution in [3.8, 4) is 0 Å². The molecule has 2 amide bonds. The maximum Gasteiger partial charge on any atom is 0.234 e. The van der Waals surface area contributed by atoms with Gasteiger partial charge in [0.05, 0.1) is 19.2 Å². The van der Waals surface area contributed by atoms with Crippen LogP contribution in [0.2, 0.25) is 0 Å². The first-order chi connectivity index (χ1) is 10.7. The highest BCUT2D eigenvalue weighted by Crippen LogP contribution is 2.10. The van der Waals surface area contributed by atoms with E-state index in [-0.39, 0.29) is 17.9 Å². The largest absolute Gasteiger partial charge is 0.376 e. The Hall–Kier alpha value is -1.18. The third kappa shape index (κ3) is 5.90. The van der Waals surface area contributed by atoms with Crippen molar-refractivity contribution in [2.75, 3.05) is 59.0 Å². The minimum Gasteiger partial charge on any atom is -0.376 e. The molecule has 0 spiro atoms. The normalized spacial score (nSPS) is 23.4. The Bertz CT molecular complexity index is 364. The van der Waals surface area contributed by atoms with Crippen LogP contribution in [0.1, 0.15) is 19.8 Å². The van der Waals surface area contributed by atoms with Crippen molar-refractivity contribution >= 4 is 11.8 Å². The Morgan fingerprint density at radius 1 is 1.05 bits per heavy atom. The maximum atomic E-state index is 11.9. The summed E-state index contributed by atoms with van der Waals surface area (Å²) in [7, 11) is 0. The Labute approximate surface area is 132 Å². The molecule has 0 aromatic carbocycles. The molecule has 0 unspecified atom stereocenters. The molecular formula is C15H28N4O3. The van der Waals surface area contributed by atoms with E-state index in [2.05, 4.69) is 20.4 Å². The molecule has 126 valence electrons. The number of piperazine rings is 1. The van der Waals surface area contributed by atoms with E-state index >= 15 is 0 Å². The van der Waals surface area contributed by atoms with Gasteiger partial charge in [-0.1, -0.05) is 0 Å². The third-order valence-corrected chi connectivity index (χ3v) is 4.12. The molecule has 0 radical (unpaired) electrons. The van der Waals surface area contributed by atoms with Crippen LogP contribution >= 0.6 is 0 Å². The number of rotatable bonds is 7. The van der Waals surface area contributed by atoms with Crippen molar-refractivity contribution in [2.45, 2.75) is 25.9 Å². The van der Waals surface area contributed by atoms with E-state index in [1.165, 1.54) is 0 Å². The van der Waals surface area contributed by atoms with Gasteiger partial charge < -0.3 is 15.4 Å². The average molecular weight is 312 g/mol. The zero-order valence-corrected chi connectivity index (χ0v) is 13.5. The Balaban J connectivity index is 1.58. The van der Waals surface area contributed by atoms with Gasteiger partial charge >= 0.3 is 0 Å². The van der Waals surface area contributed by atoms with Crippen LogP contribution in [0.25, 0.3) is 0 Å². The first-order valence-electron chi connectivity index (χ1n) is 8.27. The SMILES string of the molecule is CCNC(=O)CN1CCN(CC(=O)NC[C@H]2CCCO2)CC1. The highest BCUT2D eigenvalue weighted by Gasteiger charge is 2.21. The molecule has 0 saturated carbocycles. The van der Waals surface area contributed by atoms with Gasteiger partial charge in [0.15, 0.2) is 0 Å². The van der Waals surface area contributed by atoms with Gasteiger partial charge in [0.25, 0.3) is 0 Å². The number of hydrogen-bond acceptors (Lipinski definition) is 5. The molecule has 2 aliphatic rings. The lowest BCUT2D eigenvalue weighted by molar-refractivity contribution is -0.125. The van der Waals surface area contributed by atoms with Crippen molar-refractivity contribution in [1.82, 2.24) is 20.4 Å². The fourth-order valence-corrected chi connectivity index (χ4v) is 2.85. The summed E-state index contributed by atoms with van der Waals surface area (Å²) in [6, 6.07) is 0. The lowest BCUT2D eigenvalue weighted by atomic mass is 10.2. The standard InChI is InChI=1S/C15H28N4O3/c1-2-16-14(20)11-18-5-7-19(8-6-18)12-15(21)17-10-13-4-3-9-22-13/h13H,2-12H2,1H3,(H,16,20)(H,17,21)/t13-/m1/s1. The number of carbonyl (C=O) groups excluding carboxylic acids is 2. The molecule has 7 nitrogen and oxygen atoms in total. The van der Waals surface area contributed by atoms with Crippen molar-refractivity contribution in [3.05, 3.63) is 0 Å². The van der Waals surface area contributed by atoms with Crippen LogP contribution in [0.3, 0.4) is 0 Å². The van der Waals surface area contributed by atoms with Crippen LogP contribution in [0.4, 0.5) is 0 Å². The van der Waals surface area contributed by atoms with E-state index in [1.54, 1.807) is 0 Å². The highest BCUT2D eigenvalue weighted by atomic mass is 16.5. The lowest BCUT2D eigenvalue weighted by Gasteiger charge is -2.33. The summed E-state index contributed by atoms with van der Waals surface area (Å²) < 4.78 is 5.49. The molecule has 22 heavy (non-hydrogen) atoms. The topological polar surface area (TPSA) is 73.9 Å². The van der Waals surface area contributed by atoms with Crippen molar-refractivity contribution in [1.29, 1.82) is 0 Å². The Morgan fingerprint density at radius 2 is 1.64 bits per heavy atom. The zero-order chi connectivity index (χ0) is 15.8. The number of hydrogen-bond donors (Lipinski definition) is 2. The van der Waals surface area contributed by atoms with Crippen LogP contribution in [-0.4, -0.2) is 86.7 Å². The molecule has 2 aliphatic heterocycles. The van der Waals surface area contributed by atoms with E-state index in [0.717, 1.165) is 45.6 Å². The summed E-state index contributed by atoms with van der Waals surface area (Å²) in [4.78, 5) is 27.7. The molecule has 0 aromatic rings. The second-order valence-corrected chi connectivity index (χ2v) is 5.94. The van der Waals surface area contributed by atoms with Gasteiger partial charge in [0.1, 0.15) is 0 Å². The monoisotopic (exact) mass is 312 g/mol. The molecule has 2 fully saturated rings. The molecule has 2 rings (SSSR count). The van der Waals surface area contributed by atoms with Gasteiger partial charge in [-0.05, 0) is 19.8 Å². The zero-order valence-electron chi connectivity index (χ0n) is 13.5. The molecule has 0 aliphatic carbocycles. The smallest absolute Gasteiger partial charge is 0.234 e. The predicted octanol–water partition coefficient (Wildman–Crippen LogP) is -0.965. The van der Waals surface area contributed by atoms with Crippen molar-refractivity contribution < 1.29 is 14.3 Å². The molecule has 2 N–H and O–H groups in total. The van der Waals surface area contributed by atoms with Gasteiger partial charge in [-0.2, -0.15) is 0 Å². The minimum absolute atomic E-state index is 0.0627. The van der Waals surface area contributed by atoms with E-state index in [0.29, 0.717) is 26.2 Å². The van der Waals surface area contributed by atoms with Gasteiger partial charge in [0, 0.05) is 45.9 Å². The predicted molar refractivity (Wildman–Crippen MR) is 83.5 cm³/mol. The van der Waals surface area contributed by atoms with Crippen molar-refractivity contribution in [3.63, 3.8) is 0 Å². The molecule has 1 atom stereocenters. The van der Waals surface area contributed by atoms with Gasteiger partial charge in [-0.3, -0.25) is 19.4 Å². The number of amides is 2. The average Bonchev–Trinajstić information content (AvgIpc) is 3.01. The lowest BCUT2D eigenvalue weighted by Crippen LogP contribution is -2.51. The summed E-state index contributed by atoms with van der Waals surface area (Å²) >= 11 is 0. The summed E-state index contributed by atoms with van der Waals surface area (Å²) in [5, 5.41) is 5.76. The minimum atomic E-state index is 0.0627. The van der Waals surface area contributed by atoms with Crippen molar-refractivity contribution in [2.24, 2.45) is 0 Å². The van der Waals surface area contributed by atoms with Crippen LogP contribution in [-0.2, 0) is 14.3 Å². The van der Waals surface area contributed by atoms with E-state index < -0.39 is 0 Å². The molecule has 0 aromatic heterocycles. The maximum absolute atomic E-state index is 11.9. The molecule has 2 heterocycles. The van der Waals surface area contributed by atoms with Gasteiger partial charge in [-0.25, -0.2) is 0 Å². The molecule has 2 saturated heterocycles. The molecule has 0 bridgehead atoms. The second kappa shape index (κ2) is 9.07. The summed E-state index contributed by atoms with van der Waals surface area (Å²) in [6.07, 6.45) is 2.32. The summed E-state index contributed by atoms with van der Waals surface area (Å²) in [5.74, 6) is 0.137. The fourth-order valence-electron chi connectivity index (χ4n) is 2.85. The highest BCUT2D eigenvalue weighted by molar-refractivity contribution is 5.78. The first kappa shape index (κ1) is 17.2. The van der Waals surface area contributed by atoms with E-state index in [9.17, 15) is 9.59 Å². The summed E-state index contributed by atoms with van der Waals surface area (Å²) in [5.41, 5.74) is 0. The van der Waals surface area contributed by atoms with Gasteiger partial charge in [0.2, 0.25) is 11.8 Å². The second-order valence-electron chi connectivity index (χ2n) is 5.94. The van der Waals surface area contributed by atoms with Gasteiger partial charge in [-0.15, -0.1) is 0 Å².